The van der Waals surface area contributed by atoms with E-state index in [9.17, 15) is 0 Å². The molecule has 0 saturated heterocycles. The van der Waals surface area contributed by atoms with Crippen molar-refractivity contribution in [3.05, 3.63) is 142 Å². The van der Waals surface area contributed by atoms with Gasteiger partial charge in [-0.05, 0) is 40.0 Å². The predicted molar refractivity (Wildman–Crippen MR) is 168 cm³/mol. The van der Waals surface area contributed by atoms with Crippen LogP contribution in [0.5, 0.6) is 0 Å². The van der Waals surface area contributed by atoms with E-state index in [0.717, 1.165) is 19.3 Å². The van der Waals surface area contributed by atoms with Crippen molar-refractivity contribution in [3.8, 4) is 0 Å². The van der Waals surface area contributed by atoms with Crippen LogP contribution in [0, 0.1) is 20.8 Å². The van der Waals surface area contributed by atoms with E-state index in [1.165, 1.54) is 99.1 Å². The molecule has 0 fully saturated rings. The fourth-order valence-corrected chi connectivity index (χ4v) is 6.90. The summed E-state index contributed by atoms with van der Waals surface area (Å²) in [4.78, 5) is 0. The molecule has 0 atom stereocenters. The Balaban J connectivity index is 0.000000186. The first-order valence-corrected chi connectivity index (χ1v) is 15.4. The second-order valence-corrected chi connectivity index (χ2v) is 11.8. The van der Waals surface area contributed by atoms with Crippen molar-refractivity contribution in [2.75, 3.05) is 0 Å². The summed E-state index contributed by atoms with van der Waals surface area (Å²) < 4.78 is 1.42. The molecule has 0 bridgehead atoms. The molecule has 0 N–H and O–H groups in total. The van der Waals surface area contributed by atoms with Crippen molar-refractivity contribution < 1.29 is 24.2 Å². The van der Waals surface area contributed by atoms with Gasteiger partial charge in [0.25, 0.3) is 0 Å². The molecule has 5 aromatic carbocycles. The quantitative estimate of drug-likeness (QED) is 0.180. The molecule has 0 aliphatic heterocycles. The number of fused-ring (bicyclic) bond motifs is 3. The van der Waals surface area contributed by atoms with Gasteiger partial charge < -0.3 is 0 Å². The van der Waals surface area contributed by atoms with Crippen LogP contribution in [0.15, 0.2) is 97.1 Å². The molecule has 0 saturated carbocycles. The van der Waals surface area contributed by atoms with Crippen LogP contribution >= 0.6 is 0 Å². The Bertz CT molecular complexity index is 1670. The number of allylic oxidation sites excluding steroid dienone is 4. The molecule has 0 aromatic heterocycles. The van der Waals surface area contributed by atoms with Gasteiger partial charge in [0.1, 0.15) is 0 Å². The van der Waals surface area contributed by atoms with Gasteiger partial charge in [0.05, 0.1) is 0 Å². The third-order valence-electron chi connectivity index (χ3n) is 8.19. The van der Waals surface area contributed by atoms with E-state index in [1.54, 1.807) is 0 Å². The third-order valence-corrected chi connectivity index (χ3v) is 9.60. The minimum absolute atomic E-state index is 1.06. The number of aryl methyl sites for hydroxylation is 3. The number of hydrogen-bond acceptors (Lipinski definition) is 0. The maximum atomic E-state index is 2.46. The van der Waals surface area contributed by atoms with Crippen molar-refractivity contribution in [2.24, 2.45) is 0 Å². The molecule has 0 nitrogen and oxygen atoms in total. The maximum absolute atomic E-state index is 2.46. The number of hydrogen-bond donors (Lipinski definition) is 0. The number of rotatable bonds is 5. The van der Waals surface area contributed by atoms with Crippen LogP contribution < -0.4 is 0 Å². The molecule has 0 unspecified atom stereocenters. The standard InChI is InChI=1S/C25H27.C13H10.Zr/c1-6-18-12-15(3)23-20(13-18)14-22-24(23)17(5)16(4)21(7-2)25(22)19-10-8-9-11-19;1-3-7-12(8-4-1)11-13-9-5-2-6-10-13;/h8-10,12-14H,6-7,11H2,1-5H3;1-10H;/q-1;;. The summed E-state index contributed by atoms with van der Waals surface area (Å²) in [5.41, 5.74) is 13.0. The molecular weight excluding hydrogens is 548 g/mol. The first kappa shape index (κ1) is 27.5. The van der Waals surface area contributed by atoms with Crippen LogP contribution in [-0.4, -0.2) is 3.21 Å². The molecule has 0 spiro atoms. The molecule has 5 aromatic rings. The van der Waals surface area contributed by atoms with E-state index in [1.807, 2.05) is 0 Å². The van der Waals surface area contributed by atoms with Gasteiger partial charge in [-0.1, -0.05) is 77.1 Å². The van der Waals surface area contributed by atoms with E-state index in [2.05, 4.69) is 132 Å². The molecule has 1 heteroatoms. The van der Waals surface area contributed by atoms with Crippen LogP contribution in [0.3, 0.4) is 0 Å². The fraction of sp³-hybridized carbons (Fsp3) is 0.211. The van der Waals surface area contributed by atoms with Gasteiger partial charge in [-0.3, -0.25) is 0 Å². The van der Waals surface area contributed by atoms with Gasteiger partial charge in [0.15, 0.2) is 0 Å². The Morgan fingerprint density at radius 3 is 1.97 bits per heavy atom. The van der Waals surface area contributed by atoms with Gasteiger partial charge in [0.2, 0.25) is 0 Å². The zero-order valence-electron chi connectivity index (χ0n) is 23.9. The monoisotopic (exact) mass is 583 g/mol. The van der Waals surface area contributed by atoms with E-state index < -0.39 is 0 Å². The first-order chi connectivity index (χ1) is 18.9. The van der Waals surface area contributed by atoms with Gasteiger partial charge >= 0.3 is 99.2 Å². The molecule has 0 radical (unpaired) electrons. The van der Waals surface area contributed by atoms with Crippen molar-refractivity contribution >= 4 is 30.3 Å². The molecular formula is C38H37Zr-. The predicted octanol–water partition coefficient (Wildman–Crippen LogP) is 9.91. The SMILES string of the molecule is CCc1cc(C)c2c(c1)[cH-]c1c(C3=CC=CC3)c(CC)c(C)c(C)c12.[Zr]=[C](c1ccccc1)c1ccccc1. The Morgan fingerprint density at radius 2 is 1.44 bits per heavy atom. The second kappa shape index (κ2) is 12.0. The zero-order valence-corrected chi connectivity index (χ0v) is 26.3. The van der Waals surface area contributed by atoms with E-state index in [-0.39, 0.29) is 0 Å². The Kier molecular flexibility index (Phi) is 8.49. The van der Waals surface area contributed by atoms with E-state index >= 15 is 0 Å². The summed E-state index contributed by atoms with van der Waals surface area (Å²) in [7, 11) is 0. The Hall–Kier alpha value is -3.02. The third kappa shape index (κ3) is 5.40. The molecule has 0 heterocycles. The zero-order chi connectivity index (χ0) is 27.5. The van der Waals surface area contributed by atoms with Gasteiger partial charge in [-0.25, -0.2) is 0 Å². The molecule has 194 valence electrons. The summed E-state index contributed by atoms with van der Waals surface area (Å²) in [6, 6.07) is 28.3. The van der Waals surface area contributed by atoms with Crippen LogP contribution in [0.1, 0.15) is 64.8 Å². The van der Waals surface area contributed by atoms with Gasteiger partial charge in [-0.2, -0.15) is 0 Å². The molecule has 1 aliphatic carbocycles. The Morgan fingerprint density at radius 1 is 0.795 bits per heavy atom. The first-order valence-electron chi connectivity index (χ1n) is 14.1. The van der Waals surface area contributed by atoms with Crippen LogP contribution in [-0.2, 0) is 37.1 Å². The molecule has 0 amide bonds. The van der Waals surface area contributed by atoms with Crippen LogP contribution in [0.2, 0.25) is 0 Å². The van der Waals surface area contributed by atoms with Crippen molar-refractivity contribution in [2.45, 2.75) is 53.9 Å². The van der Waals surface area contributed by atoms with Gasteiger partial charge in [0, 0.05) is 0 Å². The Labute approximate surface area is 248 Å². The van der Waals surface area contributed by atoms with Crippen molar-refractivity contribution in [1.29, 1.82) is 0 Å². The van der Waals surface area contributed by atoms with E-state index in [4.69, 9.17) is 0 Å². The summed E-state index contributed by atoms with van der Waals surface area (Å²) in [6.07, 6.45) is 10.0. The summed E-state index contributed by atoms with van der Waals surface area (Å²) in [5, 5.41) is 5.81. The summed E-state index contributed by atoms with van der Waals surface area (Å²) >= 11 is 1.46. The molecule has 6 rings (SSSR count). The number of benzene rings is 4. The minimum atomic E-state index is 1.06. The van der Waals surface area contributed by atoms with E-state index in [0.29, 0.717) is 0 Å². The normalized spacial score (nSPS) is 12.5. The van der Waals surface area contributed by atoms with Gasteiger partial charge in [-0.15, -0.1) is 33.7 Å². The van der Waals surface area contributed by atoms with Crippen LogP contribution in [0.4, 0.5) is 0 Å². The van der Waals surface area contributed by atoms with Crippen molar-refractivity contribution in [1.82, 2.24) is 0 Å². The topological polar surface area (TPSA) is 0 Å². The summed E-state index contributed by atoms with van der Waals surface area (Å²) in [6.45, 7) is 11.4. The van der Waals surface area contributed by atoms with Crippen molar-refractivity contribution in [3.63, 3.8) is 0 Å². The second-order valence-electron chi connectivity index (χ2n) is 10.6. The van der Waals surface area contributed by atoms with Crippen LogP contribution in [0.25, 0.3) is 27.1 Å². The average Bonchev–Trinajstić information content (AvgIpc) is 3.64. The fourth-order valence-electron chi connectivity index (χ4n) is 6.08. The average molecular weight is 585 g/mol. The molecule has 1 aliphatic rings. The summed E-state index contributed by atoms with van der Waals surface area (Å²) in [5.74, 6) is 0. The molecule has 39 heavy (non-hydrogen) atoms.